The van der Waals surface area contributed by atoms with Gasteiger partial charge in [-0.2, -0.15) is 0 Å². The van der Waals surface area contributed by atoms with E-state index < -0.39 is 0 Å². The van der Waals surface area contributed by atoms with Gasteiger partial charge in [0.1, 0.15) is 11.5 Å². The maximum absolute atomic E-state index is 6.20. The van der Waals surface area contributed by atoms with Crippen molar-refractivity contribution < 1.29 is 9.47 Å². The fourth-order valence-corrected chi connectivity index (χ4v) is 5.34. The van der Waals surface area contributed by atoms with Crippen molar-refractivity contribution in [2.75, 3.05) is 6.61 Å². The van der Waals surface area contributed by atoms with Crippen LogP contribution >= 0.6 is 0 Å². The molecule has 0 aliphatic carbocycles. The van der Waals surface area contributed by atoms with Gasteiger partial charge in [0, 0.05) is 47.4 Å². The van der Waals surface area contributed by atoms with E-state index in [2.05, 4.69) is 134 Å². The third-order valence-electron chi connectivity index (χ3n) is 7.50. The van der Waals surface area contributed by atoms with Crippen molar-refractivity contribution in [2.45, 2.75) is 58.5 Å². The molecule has 1 radical (unpaired) electrons. The summed E-state index contributed by atoms with van der Waals surface area (Å²) in [4.78, 5) is 0. The summed E-state index contributed by atoms with van der Waals surface area (Å²) in [6.07, 6.45) is 6.92. The topological polar surface area (TPSA) is 23.4 Å². The molecule has 5 aromatic rings. The van der Waals surface area contributed by atoms with Crippen LogP contribution in [-0.4, -0.2) is 46.8 Å². The summed E-state index contributed by atoms with van der Waals surface area (Å²) in [5.41, 5.74) is 7.37. The fraction of sp³-hybridized carbons (Fsp3) is 0.263. The fourth-order valence-electron chi connectivity index (χ4n) is 5.34. The van der Waals surface area contributed by atoms with Gasteiger partial charge in [-0.25, -0.2) is 0 Å². The van der Waals surface area contributed by atoms with Crippen LogP contribution in [0.2, 0.25) is 0 Å². The van der Waals surface area contributed by atoms with Gasteiger partial charge < -0.3 is 14.0 Å². The second kappa shape index (κ2) is 16.4. The molecule has 42 heavy (non-hydrogen) atoms. The number of hydrogen-bond donors (Lipinski definition) is 0. The van der Waals surface area contributed by atoms with Crippen LogP contribution in [0.1, 0.15) is 49.4 Å². The number of ether oxygens (including phenoxy) is 2. The van der Waals surface area contributed by atoms with Crippen molar-refractivity contribution in [3.63, 3.8) is 0 Å². The molecular weight excluding hydrogens is 525 g/mol. The van der Waals surface area contributed by atoms with E-state index in [4.69, 9.17) is 9.47 Å². The summed E-state index contributed by atoms with van der Waals surface area (Å²) < 4.78 is 14.5. The molecule has 1 heterocycles. The number of aryl methyl sites for hydroxylation is 2. The first-order valence-electron chi connectivity index (χ1n) is 14.9. The van der Waals surface area contributed by atoms with Crippen LogP contribution < -0.4 is 9.47 Å². The van der Waals surface area contributed by atoms with Crippen LogP contribution in [0.5, 0.6) is 11.5 Å². The Bertz CT molecular complexity index is 1460. The van der Waals surface area contributed by atoms with Crippen molar-refractivity contribution in [1.29, 1.82) is 0 Å². The molecule has 3 nitrogen and oxygen atoms in total. The zero-order valence-corrected chi connectivity index (χ0v) is 27.3. The number of rotatable bonds is 14. The number of aromatic nitrogens is 1. The van der Waals surface area contributed by atoms with Crippen molar-refractivity contribution in [2.24, 2.45) is 0 Å². The molecule has 0 unspecified atom stereocenters. The smallest absolute Gasteiger partial charge is 0.119 e. The largest absolute Gasteiger partial charge is 0.494 e. The molecule has 1 aromatic heterocycles. The summed E-state index contributed by atoms with van der Waals surface area (Å²) in [6.45, 7) is 5.03. The van der Waals surface area contributed by atoms with E-state index in [1.54, 1.807) is 0 Å². The number of nitrogens with zero attached hydrogens (tertiary/aromatic N) is 1. The Labute approximate surface area is 273 Å². The minimum atomic E-state index is 0. The van der Waals surface area contributed by atoms with Crippen molar-refractivity contribution >= 4 is 29.6 Å². The molecule has 0 bridgehead atoms. The average molecular weight is 567 g/mol. The third-order valence-corrected chi connectivity index (χ3v) is 7.50. The molecule has 0 N–H and O–H groups in total. The first-order valence-corrected chi connectivity index (χ1v) is 14.9. The molecule has 1 atom stereocenters. The Morgan fingerprint density at radius 2 is 1.24 bits per heavy atom. The maximum Gasteiger partial charge on any atom is 0.119 e. The van der Waals surface area contributed by atoms with Crippen LogP contribution in [0.25, 0.3) is 16.9 Å². The first kappa shape index (κ1) is 31.7. The summed E-state index contributed by atoms with van der Waals surface area (Å²) in [5.74, 6) is 1.82. The molecule has 0 saturated heterocycles. The number of benzene rings is 4. The molecule has 5 rings (SSSR count). The molecule has 211 valence electrons. The van der Waals surface area contributed by atoms with Gasteiger partial charge in [-0.3, -0.25) is 0 Å². The van der Waals surface area contributed by atoms with Crippen LogP contribution in [0.4, 0.5) is 0 Å². The Balaban J connectivity index is 0.00000405. The Morgan fingerprint density at radius 1 is 0.619 bits per heavy atom. The van der Waals surface area contributed by atoms with Gasteiger partial charge >= 0.3 is 0 Å². The summed E-state index contributed by atoms with van der Waals surface area (Å²) in [6, 6.07) is 42.5. The van der Waals surface area contributed by atoms with E-state index in [0.717, 1.165) is 54.3 Å². The predicted molar refractivity (Wildman–Crippen MR) is 176 cm³/mol. The molecule has 0 spiro atoms. The Kier molecular flexibility index (Phi) is 12.4. The Hall–Kier alpha value is -3.24. The molecule has 0 saturated carbocycles. The van der Waals surface area contributed by atoms with Crippen LogP contribution in [0.3, 0.4) is 0 Å². The van der Waals surface area contributed by atoms with E-state index in [1.165, 1.54) is 36.1 Å². The number of hydrogen-bond acceptors (Lipinski definition) is 2. The monoisotopic (exact) mass is 566 g/mol. The van der Waals surface area contributed by atoms with E-state index in [0.29, 0.717) is 0 Å². The van der Waals surface area contributed by atoms with Gasteiger partial charge in [-0.15, -0.1) is 0 Å². The van der Waals surface area contributed by atoms with Gasteiger partial charge in [0.15, 0.2) is 0 Å². The minimum absolute atomic E-state index is 0. The van der Waals surface area contributed by atoms with Gasteiger partial charge in [0.05, 0.1) is 18.4 Å². The number of unbranched alkanes of at least 4 members (excludes halogenated alkanes) is 3. The van der Waals surface area contributed by atoms with E-state index in [9.17, 15) is 0 Å². The first-order chi connectivity index (χ1) is 20.2. The minimum Gasteiger partial charge on any atom is -0.494 e. The van der Waals surface area contributed by atoms with Gasteiger partial charge in [-0.05, 0) is 110 Å². The molecular formula is C38H41NNaO2. The molecule has 4 aromatic carbocycles. The Morgan fingerprint density at radius 3 is 1.93 bits per heavy atom. The van der Waals surface area contributed by atoms with Gasteiger partial charge in [0.2, 0.25) is 0 Å². The molecule has 0 amide bonds. The summed E-state index contributed by atoms with van der Waals surface area (Å²) in [7, 11) is 0. The van der Waals surface area contributed by atoms with Crippen molar-refractivity contribution in [1.82, 2.24) is 4.57 Å². The van der Waals surface area contributed by atoms with Crippen LogP contribution in [0, 0.1) is 6.92 Å². The van der Waals surface area contributed by atoms with E-state index >= 15 is 0 Å². The standard InChI is InChI=1S/C38H41NO2.Na/c1-30-18-27-38(34-19-23-37(24-20-34)41-31(2)29-33-16-10-6-11-17-33)39(30)35-21-25-36(26-22-35)40-28-12-4-3-7-13-32-14-8-5-9-15-32;/h5-6,8-11,14-27,31H,3-4,7,12-13,28-29H2,1-2H3;/t31-;/m1./s1. The summed E-state index contributed by atoms with van der Waals surface area (Å²) >= 11 is 0. The molecule has 0 aliphatic rings. The average Bonchev–Trinajstić information content (AvgIpc) is 3.39. The maximum atomic E-state index is 6.20. The van der Waals surface area contributed by atoms with Crippen LogP contribution in [-0.2, 0) is 12.8 Å². The van der Waals surface area contributed by atoms with E-state index in [-0.39, 0.29) is 35.7 Å². The van der Waals surface area contributed by atoms with E-state index in [1.807, 2.05) is 6.07 Å². The van der Waals surface area contributed by atoms with Crippen molar-refractivity contribution in [3.05, 3.63) is 138 Å². The zero-order chi connectivity index (χ0) is 28.3. The zero-order valence-electron chi connectivity index (χ0n) is 25.3. The third kappa shape index (κ3) is 9.13. The normalized spacial score (nSPS) is 11.5. The van der Waals surface area contributed by atoms with Crippen molar-refractivity contribution in [3.8, 4) is 28.4 Å². The molecule has 0 aliphatic heterocycles. The predicted octanol–water partition coefficient (Wildman–Crippen LogP) is 9.26. The second-order valence-electron chi connectivity index (χ2n) is 10.8. The van der Waals surface area contributed by atoms with Gasteiger partial charge in [0.25, 0.3) is 0 Å². The van der Waals surface area contributed by atoms with Gasteiger partial charge in [-0.1, -0.05) is 73.5 Å². The second-order valence-corrected chi connectivity index (χ2v) is 10.8. The summed E-state index contributed by atoms with van der Waals surface area (Å²) in [5, 5.41) is 0. The van der Waals surface area contributed by atoms with Crippen LogP contribution in [0.15, 0.2) is 121 Å². The molecule has 0 fully saturated rings. The SMILES string of the molecule is Cc1ccc(-c2ccc(O[C@H](C)Cc3ccccc3)cc2)n1-c1ccc(OCCCCCCc2ccccc2)cc1.[Na]. The molecule has 4 heteroatoms. The quantitative estimate of drug-likeness (QED) is 0.0988.